The van der Waals surface area contributed by atoms with Crippen LogP contribution in [0.5, 0.6) is 5.88 Å². The Bertz CT molecular complexity index is 330. The zero-order valence-electron chi connectivity index (χ0n) is 6.59. The number of nitrogens with zero attached hydrogens (tertiary/aromatic N) is 2. The van der Waals surface area contributed by atoms with Gasteiger partial charge in [0.25, 0.3) is 0 Å². The van der Waals surface area contributed by atoms with Crippen LogP contribution in [0, 0.1) is 5.41 Å². The smallest absolute Gasteiger partial charge is 0.226 e. The van der Waals surface area contributed by atoms with Crippen molar-refractivity contribution in [3.05, 3.63) is 10.7 Å². The van der Waals surface area contributed by atoms with Gasteiger partial charge in [-0.15, -0.1) is 0 Å². The highest BCUT2D eigenvalue weighted by Crippen LogP contribution is 2.50. The molecule has 12 heavy (non-hydrogen) atoms. The van der Waals surface area contributed by atoms with Gasteiger partial charge in [0, 0.05) is 5.41 Å². The number of hydrogen-bond acceptors (Lipinski definition) is 2. The van der Waals surface area contributed by atoms with Crippen molar-refractivity contribution < 1.29 is 4.74 Å². The summed E-state index contributed by atoms with van der Waals surface area (Å²) in [6.45, 7) is 1.91. The summed E-state index contributed by atoms with van der Waals surface area (Å²) < 4.78 is 8.55. The molecular weight excluding hydrogens is 220 g/mol. The number of ether oxygens (including phenoxy) is 1. The maximum atomic E-state index is 5.63. The van der Waals surface area contributed by atoms with Crippen LogP contribution in [0.1, 0.15) is 12.8 Å². The fraction of sp³-hybridized carbons (Fsp3) is 0.625. The van der Waals surface area contributed by atoms with Crippen LogP contribution in [-0.2, 0) is 6.54 Å². The molecule has 1 saturated carbocycles. The summed E-state index contributed by atoms with van der Waals surface area (Å²) in [7, 11) is 0. The van der Waals surface area contributed by atoms with Crippen molar-refractivity contribution in [1.82, 2.24) is 9.78 Å². The van der Waals surface area contributed by atoms with Gasteiger partial charge in [0.05, 0.1) is 23.8 Å². The molecule has 2 aliphatic rings. The molecule has 1 aromatic heterocycles. The standard InChI is InChI=1S/C8H9BrN2O/c9-6-3-10-11-4-8(1-2-8)5-12-7(6)11/h3H,1-2,4-5H2. The van der Waals surface area contributed by atoms with Crippen LogP contribution in [-0.4, -0.2) is 16.4 Å². The van der Waals surface area contributed by atoms with E-state index in [9.17, 15) is 0 Å². The van der Waals surface area contributed by atoms with Crippen molar-refractivity contribution in [2.45, 2.75) is 19.4 Å². The second-order valence-electron chi connectivity index (χ2n) is 3.74. The SMILES string of the molecule is Brc1cnn2c1OCC1(CC1)C2. The average molecular weight is 229 g/mol. The molecule has 64 valence electrons. The van der Waals surface area contributed by atoms with Crippen molar-refractivity contribution >= 4 is 15.9 Å². The predicted octanol–water partition coefficient (Wildman–Crippen LogP) is 1.82. The Morgan fingerprint density at radius 1 is 1.58 bits per heavy atom. The maximum Gasteiger partial charge on any atom is 0.226 e. The molecule has 4 heteroatoms. The van der Waals surface area contributed by atoms with Crippen molar-refractivity contribution in [1.29, 1.82) is 0 Å². The van der Waals surface area contributed by atoms with Gasteiger partial charge >= 0.3 is 0 Å². The van der Waals surface area contributed by atoms with Crippen molar-refractivity contribution in [2.75, 3.05) is 6.61 Å². The summed E-state index contributed by atoms with van der Waals surface area (Å²) in [6, 6.07) is 0. The predicted molar refractivity (Wildman–Crippen MR) is 47.1 cm³/mol. The van der Waals surface area contributed by atoms with Crippen LogP contribution in [0.15, 0.2) is 10.7 Å². The molecular formula is C8H9BrN2O. The quantitative estimate of drug-likeness (QED) is 0.678. The molecule has 1 fully saturated rings. The summed E-state index contributed by atoms with van der Waals surface area (Å²) in [5.41, 5.74) is 0.443. The van der Waals surface area contributed by atoms with E-state index in [2.05, 4.69) is 21.0 Å². The molecule has 1 aliphatic heterocycles. The first-order chi connectivity index (χ1) is 5.79. The van der Waals surface area contributed by atoms with Gasteiger partial charge < -0.3 is 4.74 Å². The molecule has 0 saturated heterocycles. The molecule has 0 aromatic carbocycles. The second kappa shape index (κ2) is 2.05. The van der Waals surface area contributed by atoms with E-state index in [1.54, 1.807) is 6.20 Å². The van der Waals surface area contributed by atoms with Gasteiger partial charge in [-0.25, -0.2) is 4.68 Å². The van der Waals surface area contributed by atoms with E-state index in [4.69, 9.17) is 4.74 Å². The molecule has 3 nitrogen and oxygen atoms in total. The molecule has 0 radical (unpaired) electrons. The summed E-state index contributed by atoms with van der Waals surface area (Å²) in [5, 5.41) is 4.24. The first-order valence-corrected chi connectivity index (χ1v) is 4.93. The Kier molecular flexibility index (Phi) is 1.18. The first-order valence-electron chi connectivity index (χ1n) is 4.13. The van der Waals surface area contributed by atoms with E-state index in [1.807, 2.05) is 4.68 Å². The summed E-state index contributed by atoms with van der Waals surface area (Å²) >= 11 is 3.40. The Morgan fingerprint density at radius 2 is 2.42 bits per heavy atom. The Labute approximate surface area is 78.8 Å². The van der Waals surface area contributed by atoms with Gasteiger partial charge in [-0.2, -0.15) is 5.10 Å². The normalized spacial score (nSPS) is 23.4. The molecule has 0 N–H and O–H groups in total. The molecule has 1 spiro atoms. The second-order valence-corrected chi connectivity index (χ2v) is 4.60. The Balaban J connectivity index is 2.02. The zero-order chi connectivity index (χ0) is 8.18. The van der Waals surface area contributed by atoms with Crippen LogP contribution in [0.4, 0.5) is 0 Å². The molecule has 1 aromatic rings. The van der Waals surface area contributed by atoms with Crippen LogP contribution < -0.4 is 4.74 Å². The molecule has 0 unspecified atom stereocenters. The van der Waals surface area contributed by atoms with Gasteiger partial charge in [-0.3, -0.25) is 0 Å². The highest BCUT2D eigenvalue weighted by molar-refractivity contribution is 9.10. The highest BCUT2D eigenvalue weighted by atomic mass is 79.9. The van der Waals surface area contributed by atoms with E-state index in [0.717, 1.165) is 23.5 Å². The summed E-state index contributed by atoms with van der Waals surface area (Å²) in [6.07, 6.45) is 4.39. The number of aromatic nitrogens is 2. The topological polar surface area (TPSA) is 27.1 Å². The van der Waals surface area contributed by atoms with Crippen LogP contribution in [0.3, 0.4) is 0 Å². The fourth-order valence-electron chi connectivity index (χ4n) is 1.67. The van der Waals surface area contributed by atoms with Crippen LogP contribution in [0.25, 0.3) is 0 Å². The lowest BCUT2D eigenvalue weighted by atomic mass is 10.1. The van der Waals surface area contributed by atoms with Gasteiger partial charge in [-0.05, 0) is 28.8 Å². The molecule has 2 heterocycles. The Hall–Kier alpha value is -0.510. The zero-order valence-corrected chi connectivity index (χ0v) is 8.17. The van der Waals surface area contributed by atoms with E-state index in [0.29, 0.717) is 5.41 Å². The van der Waals surface area contributed by atoms with Crippen molar-refractivity contribution in [3.8, 4) is 5.88 Å². The monoisotopic (exact) mass is 228 g/mol. The molecule has 0 atom stereocenters. The third-order valence-electron chi connectivity index (χ3n) is 2.71. The van der Waals surface area contributed by atoms with Crippen molar-refractivity contribution in [2.24, 2.45) is 5.41 Å². The van der Waals surface area contributed by atoms with E-state index in [1.165, 1.54) is 12.8 Å². The lowest BCUT2D eigenvalue weighted by Crippen LogP contribution is -2.26. The largest absolute Gasteiger partial charge is 0.476 e. The van der Waals surface area contributed by atoms with Crippen LogP contribution in [0.2, 0.25) is 0 Å². The summed E-state index contributed by atoms with van der Waals surface area (Å²) in [5.74, 6) is 0.896. The third-order valence-corrected chi connectivity index (χ3v) is 3.25. The number of halogens is 1. The minimum Gasteiger partial charge on any atom is -0.476 e. The van der Waals surface area contributed by atoms with Crippen molar-refractivity contribution in [3.63, 3.8) is 0 Å². The molecule has 0 bridgehead atoms. The Morgan fingerprint density at radius 3 is 3.17 bits per heavy atom. The number of hydrogen-bond donors (Lipinski definition) is 0. The minimum absolute atomic E-state index is 0.443. The molecule has 0 amide bonds. The highest BCUT2D eigenvalue weighted by Gasteiger charge is 2.47. The number of rotatable bonds is 0. The van der Waals surface area contributed by atoms with Gasteiger partial charge in [0.15, 0.2) is 0 Å². The van der Waals surface area contributed by atoms with Gasteiger partial charge in [0.1, 0.15) is 0 Å². The lowest BCUT2D eigenvalue weighted by Gasteiger charge is -2.23. The molecule has 1 aliphatic carbocycles. The van der Waals surface area contributed by atoms with E-state index in [-0.39, 0.29) is 0 Å². The van der Waals surface area contributed by atoms with Gasteiger partial charge in [0.2, 0.25) is 5.88 Å². The van der Waals surface area contributed by atoms with E-state index >= 15 is 0 Å². The number of fused-ring (bicyclic) bond motifs is 1. The third kappa shape index (κ3) is 0.843. The molecule has 3 rings (SSSR count). The summed E-state index contributed by atoms with van der Waals surface area (Å²) in [4.78, 5) is 0. The lowest BCUT2D eigenvalue weighted by molar-refractivity contribution is 0.147. The van der Waals surface area contributed by atoms with Gasteiger partial charge in [-0.1, -0.05) is 0 Å². The van der Waals surface area contributed by atoms with E-state index < -0.39 is 0 Å². The van der Waals surface area contributed by atoms with Crippen LogP contribution >= 0.6 is 15.9 Å². The first kappa shape index (κ1) is 6.95. The fourth-order valence-corrected chi connectivity index (χ4v) is 2.08. The minimum atomic E-state index is 0.443. The average Bonchev–Trinajstić information content (AvgIpc) is 2.71. The maximum absolute atomic E-state index is 5.63.